The maximum Gasteiger partial charge on any atom is 0.410 e. The van der Waals surface area contributed by atoms with E-state index in [2.05, 4.69) is 20.8 Å². The molecule has 9 N–H and O–H groups in total. The molecule has 3 atom stereocenters. The summed E-state index contributed by atoms with van der Waals surface area (Å²) in [4.78, 5) is 59.6. The molecule has 0 bridgehead atoms. The van der Waals surface area contributed by atoms with Gasteiger partial charge in [0.25, 0.3) is 11.8 Å². The van der Waals surface area contributed by atoms with Gasteiger partial charge in [0.15, 0.2) is 16.8 Å². The van der Waals surface area contributed by atoms with Gasteiger partial charge in [-0.15, -0.1) is 11.3 Å². The highest BCUT2D eigenvalue weighted by Crippen LogP contribution is 2.40. The fraction of sp³-hybridized carbons (Fsp3) is 0.500. The van der Waals surface area contributed by atoms with Crippen LogP contribution in [0.1, 0.15) is 18.5 Å². The van der Waals surface area contributed by atoms with E-state index in [-0.39, 0.29) is 47.0 Å². The van der Waals surface area contributed by atoms with E-state index < -0.39 is 70.2 Å². The fourth-order valence-electron chi connectivity index (χ4n) is 3.82. The largest absolute Gasteiger partial charge is 0.478 e. The van der Waals surface area contributed by atoms with Gasteiger partial charge in [-0.3, -0.25) is 19.6 Å². The molecule has 19 nitrogen and oxygen atoms in total. The summed E-state index contributed by atoms with van der Waals surface area (Å²) in [6.07, 6.45) is -1.36. The van der Waals surface area contributed by atoms with Gasteiger partial charge in [-0.05, 0) is 0 Å². The first-order chi connectivity index (χ1) is 18.2. The number of ether oxygens (including phenoxy) is 1. The zero-order valence-corrected chi connectivity index (χ0v) is 21.4. The number of aromatic nitrogens is 1. The molecule has 3 heterocycles. The topological polar surface area (TPSA) is 293 Å². The average molecular weight is 590 g/mol. The SMILES string of the molecule is N=C(N)NCC1CN(C[C@H]2C(NC(=O)/C(=N\OC3(C(=O)O)CC3)c3csc(N)n3)C(=O)N2S(=O)(=O)O)C(=O)O1. The smallest absolute Gasteiger partial charge is 0.410 e. The maximum atomic E-state index is 13.1. The van der Waals surface area contributed by atoms with Crippen molar-refractivity contribution in [1.29, 1.82) is 5.41 Å². The van der Waals surface area contributed by atoms with Crippen molar-refractivity contribution in [1.82, 2.24) is 24.8 Å². The number of nitrogens with one attached hydrogen (secondary N) is 3. The van der Waals surface area contributed by atoms with Crippen LogP contribution in [-0.4, -0.2) is 111 Å². The van der Waals surface area contributed by atoms with Gasteiger partial charge in [0, 0.05) is 24.8 Å². The molecule has 0 spiro atoms. The third-order valence-corrected chi connectivity index (χ3v) is 7.59. The Morgan fingerprint density at radius 2 is 2.08 bits per heavy atom. The van der Waals surface area contributed by atoms with Gasteiger partial charge in [-0.25, -0.2) is 18.9 Å². The zero-order chi connectivity index (χ0) is 28.7. The second-order valence-electron chi connectivity index (χ2n) is 8.74. The minimum absolute atomic E-state index is 0.0161. The summed E-state index contributed by atoms with van der Waals surface area (Å²) < 4.78 is 38.5. The summed E-state index contributed by atoms with van der Waals surface area (Å²) in [5.41, 5.74) is 8.57. The first-order valence-electron chi connectivity index (χ1n) is 11.1. The monoisotopic (exact) mass is 589 g/mol. The van der Waals surface area contributed by atoms with Gasteiger partial charge in [0.05, 0.1) is 19.1 Å². The molecule has 2 aliphatic heterocycles. The third kappa shape index (κ3) is 5.78. The maximum absolute atomic E-state index is 13.1. The Morgan fingerprint density at radius 1 is 1.38 bits per heavy atom. The molecule has 0 radical (unpaired) electrons. The number of thiazole rings is 1. The van der Waals surface area contributed by atoms with E-state index in [1.54, 1.807) is 0 Å². The Kier molecular flexibility index (Phi) is 7.23. The number of nitrogens with two attached hydrogens (primary N) is 2. The average Bonchev–Trinajstić information content (AvgIpc) is 3.39. The molecule has 2 unspecified atom stereocenters. The van der Waals surface area contributed by atoms with Crippen LogP contribution in [0.2, 0.25) is 0 Å². The number of hydrogen-bond donors (Lipinski definition) is 7. The number of aliphatic carboxylic acids is 1. The van der Waals surface area contributed by atoms with Gasteiger partial charge in [-0.2, -0.15) is 8.42 Å². The van der Waals surface area contributed by atoms with E-state index >= 15 is 0 Å². The van der Waals surface area contributed by atoms with Gasteiger partial charge < -0.3 is 41.7 Å². The number of carbonyl (C=O) groups excluding carboxylic acids is 3. The number of carbonyl (C=O) groups is 4. The quantitative estimate of drug-likeness (QED) is 0.0441. The Bertz CT molecular complexity index is 1360. The molecule has 3 amide bonds. The number of amides is 3. The zero-order valence-electron chi connectivity index (χ0n) is 19.8. The summed E-state index contributed by atoms with van der Waals surface area (Å²) >= 11 is 0.938. The number of carboxylic acid groups (broad SMARTS) is 1. The molecule has 1 aliphatic carbocycles. The van der Waals surface area contributed by atoms with Crippen LogP contribution in [0.5, 0.6) is 0 Å². The molecule has 212 valence electrons. The lowest BCUT2D eigenvalue weighted by molar-refractivity contribution is -0.153. The number of β-lactam (4-membered cyclic amide) rings is 1. The molecular formula is C18H23N9O10S2. The molecule has 1 aromatic rings. The molecule has 4 rings (SSSR count). The molecule has 21 heteroatoms. The molecule has 2 saturated heterocycles. The summed E-state index contributed by atoms with van der Waals surface area (Å²) in [6, 6.07) is -3.00. The standard InChI is InChI=1S/C18H23N9O10S2/c19-15(20)22-3-7-4-26(17(32)36-7)5-9-11(13(29)27(9)39(33,34)35)24-12(28)10(8-6-38-16(21)23-8)25-37-18(1-2-18)14(30)31/h6-7,9,11H,1-5H2,(H2,21,23)(H,24,28)(H,30,31)(H4,19,20,22)(H,33,34,35)/b25-10-/t7?,9-,11?/m0/s1. The van der Waals surface area contributed by atoms with Crippen LogP contribution < -0.4 is 22.1 Å². The van der Waals surface area contributed by atoms with Gasteiger partial charge in [0.2, 0.25) is 5.60 Å². The van der Waals surface area contributed by atoms with Crippen LogP contribution in [0.15, 0.2) is 10.5 Å². The predicted molar refractivity (Wildman–Crippen MR) is 130 cm³/mol. The molecule has 3 aliphatic rings. The van der Waals surface area contributed by atoms with Crippen LogP contribution in [0.3, 0.4) is 0 Å². The Hall–Kier alpha value is -4.24. The van der Waals surface area contributed by atoms with Crippen molar-refractivity contribution < 1.29 is 46.8 Å². The van der Waals surface area contributed by atoms with Crippen molar-refractivity contribution in [3.63, 3.8) is 0 Å². The second-order valence-corrected chi connectivity index (χ2v) is 10.9. The van der Waals surface area contributed by atoms with Crippen LogP contribution in [0, 0.1) is 5.41 Å². The highest BCUT2D eigenvalue weighted by molar-refractivity contribution is 7.84. The Labute approximate surface area is 223 Å². The number of anilines is 1. The Balaban J connectivity index is 1.53. The van der Waals surface area contributed by atoms with Crippen molar-refractivity contribution in [3.05, 3.63) is 11.1 Å². The molecular weight excluding hydrogens is 566 g/mol. The number of carboxylic acids is 1. The lowest BCUT2D eigenvalue weighted by Crippen LogP contribution is -2.74. The number of hydrogen-bond acceptors (Lipinski definition) is 13. The molecule has 39 heavy (non-hydrogen) atoms. The van der Waals surface area contributed by atoms with Gasteiger partial charge in [0.1, 0.15) is 17.8 Å². The van der Waals surface area contributed by atoms with E-state index in [0.717, 1.165) is 16.2 Å². The number of rotatable bonds is 11. The van der Waals surface area contributed by atoms with E-state index in [1.165, 1.54) is 5.38 Å². The number of guanidine groups is 1. The highest BCUT2D eigenvalue weighted by atomic mass is 32.2. The number of nitrogen functional groups attached to an aromatic ring is 1. The minimum Gasteiger partial charge on any atom is -0.478 e. The minimum atomic E-state index is -5.08. The molecule has 0 aromatic carbocycles. The molecule has 3 fully saturated rings. The van der Waals surface area contributed by atoms with Gasteiger partial charge in [-0.1, -0.05) is 5.16 Å². The van der Waals surface area contributed by atoms with Crippen LogP contribution in [0.25, 0.3) is 0 Å². The van der Waals surface area contributed by atoms with Gasteiger partial charge >= 0.3 is 22.4 Å². The van der Waals surface area contributed by atoms with Crippen molar-refractivity contribution in [3.8, 4) is 0 Å². The normalized spacial score (nSPS) is 24.0. The van der Waals surface area contributed by atoms with Crippen molar-refractivity contribution in [2.24, 2.45) is 10.9 Å². The van der Waals surface area contributed by atoms with Crippen LogP contribution >= 0.6 is 11.3 Å². The van der Waals surface area contributed by atoms with Crippen LogP contribution in [-0.2, 0) is 34.3 Å². The van der Waals surface area contributed by atoms with Crippen molar-refractivity contribution in [2.45, 2.75) is 36.6 Å². The van der Waals surface area contributed by atoms with Crippen molar-refractivity contribution in [2.75, 3.05) is 25.4 Å². The van der Waals surface area contributed by atoms with Crippen molar-refractivity contribution >= 4 is 62.3 Å². The lowest BCUT2D eigenvalue weighted by atomic mass is 9.97. The summed E-state index contributed by atoms with van der Waals surface area (Å²) in [6.45, 7) is -0.571. The number of nitrogens with zero attached hydrogens (tertiary/aromatic N) is 4. The predicted octanol–water partition coefficient (Wildman–Crippen LogP) is -3.13. The highest BCUT2D eigenvalue weighted by Gasteiger charge is 2.56. The fourth-order valence-corrected chi connectivity index (χ4v) is 5.24. The summed E-state index contributed by atoms with van der Waals surface area (Å²) in [7, 11) is -5.08. The molecule has 1 saturated carbocycles. The first-order valence-corrected chi connectivity index (χ1v) is 13.4. The Morgan fingerprint density at radius 3 is 2.62 bits per heavy atom. The summed E-state index contributed by atoms with van der Waals surface area (Å²) in [5.74, 6) is -3.96. The van der Waals surface area contributed by atoms with E-state index in [0.29, 0.717) is 0 Å². The van der Waals surface area contributed by atoms with Crippen LogP contribution in [0.4, 0.5) is 9.93 Å². The number of cyclic esters (lactones) is 1. The first kappa shape index (κ1) is 27.8. The van der Waals surface area contributed by atoms with E-state index in [1.807, 2.05) is 0 Å². The van der Waals surface area contributed by atoms with E-state index in [4.69, 9.17) is 26.5 Å². The number of oxime groups is 1. The molecule has 1 aromatic heterocycles. The second kappa shape index (κ2) is 10.1. The van der Waals surface area contributed by atoms with E-state index in [9.17, 15) is 37.3 Å². The lowest BCUT2D eigenvalue weighted by Gasteiger charge is -2.45. The summed E-state index contributed by atoms with van der Waals surface area (Å²) in [5, 5.41) is 26.3. The third-order valence-electron chi connectivity index (χ3n) is 5.97.